The van der Waals surface area contributed by atoms with Gasteiger partial charge in [0.15, 0.2) is 0 Å². The summed E-state index contributed by atoms with van der Waals surface area (Å²) >= 11 is 1.11. The van der Waals surface area contributed by atoms with Crippen molar-refractivity contribution in [2.24, 2.45) is 0 Å². The van der Waals surface area contributed by atoms with Crippen LogP contribution in [0.5, 0.6) is 0 Å². The number of hydrogen-bond donors (Lipinski definition) is 2. The van der Waals surface area contributed by atoms with Gasteiger partial charge >= 0.3 is 81.2 Å². The number of hydrogen-bond acceptors (Lipinski definition) is 2. The van der Waals surface area contributed by atoms with Gasteiger partial charge in [0.2, 0.25) is 0 Å². The molecule has 0 unspecified atom stereocenters. The molecule has 0 aromatic heterocycles. The molecule has 66 valence electrons. The van der Waals surface area contributed by atoms with Gasteiger partial charge in [-0.3, -0.25) is 9.59 Å². The first-order valence-electron chi connectivity index (χ1n) is 3.98. The summed E-state index contributed by atoms with van der Waals surface area (Å²) in [5, 5.41) is 15.4. The van der Waals surface area contributed by atoms with Crippen LogP contribution in [0.15, 0.2) is 0 Å². The summed E-state index contributed by atoms with van der Waals surface area (Å²) in [6.45, 7) is 2.24. The van der Waals surface area contributed by atoms with Crippen molar-refractivity contribution in [3.63, 3.8) is 0 Å². The maximum Gasteiger partial charge on any atom is 0.314 e. The third-order valence-electron chi connectivity index (χ3n) is 1.01. The summed E-state index contributed by atoms with van der Waals surface area (Å²) in [5.74, 6) is -2.62. The van der Waals surface area contributed by atoms with Crippen molar-refractivity contribution in [3.05, 3.63) is 0 Å². The first kappa shape index (κ1) is 15.1. The van der Waals surface area contributed by atoms with Crippen molar-refractivity contribution in [3.8, 4) is 0 Å². The average Bonchev–Trinajstić information content (AvgIpc) is 1.87. The minimum absolute atomic E-state index is 0.806. The van der Waals surface area contributed by atoms with E-state index < -0.39 is 18.4 Å². The number of carboxylic acids is 2. The van der Waals surface area contributed by atoms with Gasteiger partial charge < -0.3 is 10.2 Å². The third kappa shape index (κ3) is 22.4. The molecular formula is C7H13KO4. The van der Waals surface area contributed by atoms with Gasteiger partial charge in [-0.25, -0.2) is 0 Å². The van der Waals surface area contributed by atoms with Crippen molar-refractivity contribution in [2.75, 3.05) is 0 Å². The number of carbonyl (C=O) groups is 2. The molecule has 0 saturated heterocycles. The molecule has 4 nitrogen and oxygen atoms in total. The van der Waals surface area contributed by atoms with Crippen LogP contribution in [-0.2, 0) is 9.59 Å². The van der Waals surface area contributed by atoms with E-state index in [0.717, 1.165) is 49.0 Å². The summed E-state index contributed by atoms with van der Waals surface area (Å²) < 4.78 is 1.53. The van der Waals surface area contributed by atoms with Crippen molar-refractivity contribution in [1.82, 2.24) is 0 Å². The van der Waals surface area contributed by atoms with E-state index in [9.17, 15) is 9.59 Å². The summed E-state index contributed by atoms with van der Waals surface area (Å²) in [7, 11) is 0. The first-order valence-corrected chi connectivity index (χ1v) is 6.19. The minimum atomic E-state index is -1.31. The third-order valence-corrected chi connectivity index (χ3v) is 2.11. The van der Waals surface area contributed by atoms with Gasteiger partial charge in [-0.1, -0.05) is 0 Å². The molecule has 2 N–H and O–H groups in total. The monoisotopic (exact) mass is 200 g/mol. The Balaban J connectivity index is 0. The van der Waals surface area contributed by atoms with E-state index in [1.807, 2.05) is 0 Å². The second kappa shape index (κ2) is 11.6. The molecular weight excluding hydrogens is 187 g/mol. The van der Waals surface area contributed by atoms with Gasteiger partial charge in [-0.2, -0.15) is 0 Å². The molecule has 0 spiro atoms. The predicted molar refractivity (Wildman–Crippen MR) is 45.4 cm³/mol. The fourth-order valence-corrected chi connectivity index (χ4v) is 1.59. The number of rotatable bonds is 4. The molecule has 0 radical (unpaired) electrons. The van der Waals surface area contributed by atoms with Crippen LogP contribution in [-0.4, -0.2) is 71.1 Å². The van der Waals surface area contributed by atoms with Gasteiger partial charge in [-0.15, -0.1) is 0 Å². The molecule has 0 aromatic rings. The SMILES string of the molecule is CCC[CH2][K].O=C(O)CC(=O)O. The molecule has 0 amide bonds. The zero-order valence-corrected chi connectivity index (χ0v) is 10.7. The van der Waals surface area contributed by atoms with E-state index in [-0.39, 0.29) is 0 Å². The van der Waals surface area contributed by atoms with E-state index in [2.05, 4.69) is 6.92 Å². The van der Waals surface area contributed by atoms with Gasteiger partial charge in [-0.05, 0) is 0 Å². The van der Waals surface area contributed by atoms with Gasteiger partial charge in [0.05, 0.1) is 0 Å². The molecule has 0 aliphatic rings. The van der Waals surface area contributed by atoms with Gasteiger partial charge in [0, 0.05) is 0 Å². The van der Waals surface area contributed by atoms with Gasteiger partial charge in [0.25, 0.3) is 0 Å². The van der Waals surface area contributed by atoms with E-state index >= 15 is 0 Å². The van der Waals surface area contributed by atoms with Crippen molar-refractivity contribution in [1.29, 1.82) is 0 Å². The Morgan fingerprint density at radius 1 is 1.25 bits per heavy atom. The van der Waals surface area contributed by atoms with Gasteiger partial charge in [0.1, 0.15) is 6.42 Å². The molecule has 12 heavy (non-hydrogen) atoms. The Hall–Kier alpha value is 0.576. The summed E-state index contributed by atoms with van der Waals surface area (Å²) in [5.41, 5.74) is 0. The van der Waals surface area contributed by atoms with Crippen LogP contribution in [0.3, 0.4) is 0 Å². The molecule has 0 aliphatic heterocycles. The van der Waals surface area contributed by atoms with Crippen LogP contribution in [0, 0.1) is 0 Å². The van der Waals surface area contributed by atoms with Crippen LogP contribution in [0.2, 0.25) is 0.515 Å². The zero-order valence-electron chi connectivity index (χ0n) is 7.54. The van der Waals surface area contributed by atoms with Crippen molar-refractivity contribution >= 4 is 60.9 Å². The zero-order chi connectivity index (χ0) is 9.98. The summed E-state index contributed by atoms with van der Waals surface area (Å²) in [4.78, 5) is 18.9. The molecule has 0 fully saturated rings. The van der Waals surface area contributed by atoms with Crippen LogP contribution < -0.4 is 0 Å². The standard InChI is InChI=1S/C4H9.C3H4O4.K/c1-3-4-2;4-2(5)1-3(6)7;/h1,3-4H2,2H3;1H2,(H,4,5)(H,6,7);. The second-order valence-electron chi connectivity index (χ2n) is 2.32. The molecule has 5 heteroatoms. The molecule has 0 bridgehead atoms. The Bertz CT molecular complexity index is 121. The maximum absolute atomic E-state index is 9.43. The van der Waals surface area contributed by atoms with Crippen LogP contribution in [0.25, 0.3) is 0 Å². The fraction of sp³-hybridized carbons (Fsp3) is 0.714. The summed E-state index contributed by atoms with van der Waals surface area (Å²) in [6.07, 6.45) is 2.06. The normalized spacial score (nSPS) is 8.25. The predicted octanol–water partition coefficient (Wildman–Crippen LogP) is 0.919. The maximum atomic E-state index is 9.43. The smallest absolute Gasteiger partial charge is 0.314 e. The second-order valence-corrected chi connectivity index (χ2v) is 3.88. The Labute approximate surface area is 106 Å². The number of unbranched alkanes of at least 4 members (excludes halogenated alkanes) is 1. The first-order chi connectivity index (χ1) is 5.54. The molecule has 0 rings (SSSR count). The van der Waals surface area contributed by atoms with Crippen LogP contribution in [0.1, 0.15) is 26.2 Å². The molecule has 0 aromatic carbocycles. The van der Waals surface area contributed by atoms with E-state index in [4.69, 9.17) is 10.2 Å². The molecule has 0 heterocycles. The largest absolute Gasteiger partial charge is 0.481 e. The number of aliphatic carboxylic acids is 2. The van der Waals surface area contributed by atoms with E-state index in [0.29, 0.717) is 0 Å². The van der Waals surface area contributed by atoms with Crippen LogP contribution in [0.4, 0.5) is 0 Å². The Kier molecular flexibility index (Phi) is 14.5. The average molecular weight is 200 g/mol. The Morgan fingerprint density at radius 2 is 1.67 bits per heavy atom. The Morgan fingerprint density at radius 3 is 1.67 bits per heavy atom. The van der Waals surface area contributed by atoms with E-state index in [1.165, 1.54) is 13.4 Å². The number of carboxylic acid groups (broad SMARTS) is 2. The molecule has 0 atom stereocenters. The van der Waals surface area contributed by atoms with E-state index in [1.54, 1.807) is 0 Å². The molecule has 0 saturated carbocycles. The summed E-state index contributed by atoms with van der Waals surface area (Å²) in [6, 6.07) is 0. The minimum Gasteiger partial charge on any atom is -0.481 e. The fourth-order valence-electron chi connectivity index (χ4n) is 0.483. The van der Waals surface area contributed by atoms with Crippen molar-refractivity contribution < 1.29 is 19.8 Å². The van der Waals surface area contributed by atoms with Crippen LogP contribution >= 0.6 is 0 Å². The molecule has 0 aliphatic carbocycles. The quantitative estimate of drug-likeness (QED) is 0.522. The van der Waals surface area contributed by atoms with Crippen molar-refractivity contribution in [2.45, 2.75) is 26.7 Å². The topological polar surface area (TPSA) is 74.6 Å².